The van der Waals surface area contributed by atoms with Crippen molar-refractivity contribution >= 4 is 40.6 Å². The fraction of sp³-hybridized carbons (Fsp3) is 0.200. The summed E-state index contributed by atoms with van der Waals surface area (Å²) in [5.41, 5.74) is 0.970. The summed E-state index contributed by atoms with van der Waals surface area (Å²) in [6.07, 6.45) is 0.704. The van der Waals surface area contributed by atoms with Crippen LogP contribution < -0.4 is 0 Å². The van der Waals surface area contributed by atoms with Gasteiger partial charge in [0.05, 0.1) is 4.83 Å². The Bertz CT molecular complexity index is 374. The van der Waals surface area contributed by atoms with Gasteiger partial charge >= 0.3 is 0 Å². The average molecular weight is 273 g/mol. The van der Waals surface area contributed by atoms with Crippen molar-refractivity contribution in [1.82, 2.24) is 0 Å². The highest BCUT2D eigenvalue weighted by molar-refractivity contribution is 9.10. The Morgan fingerprint density at radius 2 is 2.14 bits per heavy atom. The minimum absolute atomic E-state index is 0.0519. The first-order valence-corrected chi connectivity index (χ1v) is 5.38. The zero-order valence-corrected chi connectivity index (χ0v) is 10.0. The molecule has 0 saturated carbocycles. The van der Waals surface area contributed by atoms with Crippen LogP contribution in [0.25, 0.3) is 0 Å². The number of ketones is 1. The molecule has 0 aliphatic heterocycles. The van der Waals surface area contributed by atoms with Crippen molar-refractivity contribution in [2.45, 2.75) is 16.6 Å². The van der Waals surface area contributed by atoms with E-state index in [4.69, 9.17) is 0 Å². The molecule has 2 nitrogen and oxygen atoms in total. The van der Waals surface area contributed by atoms with Crippen LogP contribution in [0.1, 0.15) is 27.6 Å². The van der Waals surface area contributed by atoms with E-state index in [2.05, 4.69) is 28.6 Å². The molecule has 0 aromatic heterocycles. The summed E-state index contributed by atoms with van der Waals surface area (Å²) < 4.78 is 0. The van der Waals surface area contributed by atoms with Crippen LogP contribution in [0.2, 0.25) is 0 Å². The Labute approximate surface area is 96.2 Å². The number of carbonyl (C=O) groups excluding carboxylic acids is 2. The highest BCUT2D eigenvalue weighted by Gasteiger charge is 2.12. The monoisotopic (exact) mass is 272 g/mol. The van der Waals surface area contributed by atoms with Gasteiger partial charge in [-0.1, -0.05) is 15.9 Å². The Morgan fingerprint density at radius 3 is 2.64 bits per heavy atom. The van der Waals surface area contributed by atoms with E-state index >= 15 is 0 Å². The SMILES string of the molecule is CC(Br)C(=O)c1cc(S)cc(C=O)c1. The normalized spacial score (nSPS) is 12.2. The van der Waals surface area contributed by atoms with Gasteiger partial charge in [-0.05, 0) is 25.1 Å². The van der Waals surface area contributed by atoms with Crippen LogP contribution in [-0.4, -0.2) is 16.9 Å². The second-order valence-corrected chi connectivity index (χ2v) is 4.80. The first kappa shape index (κ1) is 11.5. The smallest absolute Gasteiger partial charge is 0.176 e. The average Bonchev–Trinajstić information content (AvgIpc) is 2.15. The van der Waals surface area contributed by atoms with Gasteiger partial charge in [-0.25, -0.2) is 0 Å². The van der Waals surface area contributed by atoms with Gasteiger partial charge in [0.25, 0.3) is 0 Å². The highest BCUT2D eigenvalue weighted by Crippen LogP contribution is 2.16. The summed E-state index contributed by atoms with van der Waals surface area (Å²) >= 11 is 7.30. The number of aldehydes is 1. The summed E-state index contributed by atoms with van der Waals surface area (Å²) in [6, 6.07) is 4.83. The van der Waals surface area contributed by atoms with Crippen molar-refractivity contribution in [3.8, 4) is 0 Å². The lowest BCUT2D eigenvalue weighted by Gasteiger charge is -2.04. The molecular weight excluding hydrogens is 264 g/mol. The Morgan fingerprint density at radius 1 is 1.50 bits per heavy atom. The van der Waals surface area contributed by atoms with Gasteiger partial charge in [0.2, 0.25) is 0 Å². The standard InChI is InChI=1S/C10H9BrO2S/c1-6(11)10(13)8-2-7(5-12)3-9(14)4-8/h2-6,14H,1H3. The molecule has 0 N–H and O–H groups in total. The third-order valence-corrected chi connectivity index (χ3v) is 2.40. The molecule has 1 aromatic carbocycles. The van der Waals surface area contributed by atoms with Crippen LogP contribution in [0, 0.1) is 0 Å². The summed E-state index contributed by atoms with van der Waals surface area (Å²) in [5, 5.41) is 0. The lowest BCUT2D eigenvalue weighted by Crippen LogP contribution is -2.10. The number of hydrogen-bond acceptors (Lipinski definition) is 3. The molecule has 14 heavy (non-hydrogen) atoms. The van der Waals surface area contributed by atoms with E-state index < -0.39 is 0 Å². The van der Waals surface area contributed by atoms with E-state index in [9.17, 15) is 9.59 Å². The van der Waals surface area contributed by atoms with Crippen LogP contribution in [0.3, 0.4) is 0 Å². The predicted octanol–water partition coefficient (Wildman–Crippen LogP) is 2.75. The molecule has 1 unspecified atom stereocenters. The maximum atomic E-state index is 11.6. The van der Waals surface area contributed by atoms with Crippen LogP contribution in [0.15, 0.2) is 23.1 Å². The van der Waals surface area contributed by atoms with Gasteiger partial charge in [-0.3, -0.25) is 9.59 Å². The minimum atomic E-state index is -0.253. The molecule has 0 radical (unpaired) electrons. The quantitative estimate of drug-likeness (QED) is 0.397. The summed E-state index contributed by atoms with van der Waals surface area (Å²) in [7, 11) is 0. The molecule has 0 amide bonds. The van der Waals surface area contributed by atoms with Crippen LogP contribution in [0.5, 0.6) is 0 Å². The number of benzene rings is 1. The van der Waals surface area contributed by atoms with Gasteiger partial charge in [0.15, 0.2) is 5.78 Å². The number of alkyl halides is 1. The summed E-state index contributed by atoms with van der Waals surface area (Å²) in [4.78, 5) is 22.5. The van der Waals surface area contributed by atoms with Crippen molar-refractivity contribution < 1.29 is 9.59 Å². The van der Waals surface area contributed by atoms with Gasteiger partial charge < -0.3 is 0 Å². The Kier molecular flexibility index (Phi) is 3.89. The molecule has 0 aliphatic carbocycles. The van der Waals surface area contributed by atoms with E-state index in [1.54, 1.807) is 25.1 Å². The second kappa shape index (κ2) is 4.75. The molecule has 4 heteroatoms. The number of halogens is 1. The Balaban J connectivity index is 3.15. The van der Waals surface area contributed by atoms with Gasteiger partial charge in [-0.15, -0.1) is 12.6 Å². The van der Waals surface area contributed by atoms with E-state index in [1.807, 2.05) is 0 Å². The molecule has 0 heterocycles. The molecule has 0 saturated heterocycles. The molecule has 1 atom stereocenters. The van der Waals surface area contributed by atoms with E-state index in [-0.39, 0.29) is 10.6 Å². The van der Waals surface area contributed by atoms with Gasteiger partial charge in [0, 0.05) is 16.0 Å². The molecule has 1 rings (SSSR count). The molecule has 0 aliphatic rings. The number of Topliss-reactive ketones (excluding diaryl/α,β-unsaturated/α-hetero) is 1. The van der Waals surface area contributed by atoms with E-state index in [0.29, 0.717) is 22.3 Å². The zero-order chi connectivity index (χ0) is 10.7. The van der Waals surface area contributed by atoms with Crippen molar-refractivity contribution in [1.29, 1.82) is 0 Å². The Hall–Kier alpha value is -0.610. The summed E-state index contributed by atoms with van der Waals surface area (Å²) in [5.74, 6) is -0.0519. The maximum absolute atomic E-state index is 11.6. The fourth-order valence-electron chi connectivity index (χ4n) is 1.07. The maximum Gasteiger partial charge on any atom is 0.176 e. The number of thiol groups is 1. The molecule has 74 valence electrons. The van der Waals surface area contributed by atoms with Crippen LogP contribution >= 0.6 is 28.6 Å². The van der Waals surface area contributed by atoms with Crippen LogP contribution in [-0.2, 0) is 0 Å². The topological polar surface area (TPSA) is 34.1 Å². The van der Waals surface area contributed by atoms with Gasteiger partial charge in [-0.2, -0.15) is 0 Å². The summed E-state index contributed by atoms with van der Waals surface area (Å²) in [6.45, 7) is 1.74. The molecule has 0 fully saturated rings. The fourth-order valence-corrected chi connectivity index (χ4v) is 1.63. The first-order valence-electron chi connectivity index (χ1n) is 4.02. The lowest BCUT2D eigenvalue weighted by atomic mass is 10.1. The minimum Gasteiger partial charge on any atom is -0.298 e. The lowest BCUT2D eigenvalue weighted by molar-refractivity contribution is 0.0995. The first-order chi connectivity index (χ1) is 6.54. The van der Waals surface area contributed by atoms with Crippen LogP contribution in [0.4, 0.5) is 0 Å². The van der Waals surface area contributed by atoms with Crippen molar-refractivity contribution in [3.05, 3.63) is 29.3 Å². The highest BCUT2D eigenvalue weighted by atomic mass is 79.9. The van der Waals surface area contributed by atoms with Gasteiger partial charge in [0.1, 0.15) is 6.29 Å². The number of rotatable bonds is 3. The largest absolute Gasteiger partial charge is 0.298 e. The molecule has 0 spiro atoms. The third-order valence-electron chi connectivity index (χ3n) is 1.72. The van der Waals surface area contributed by atoms with E-state index in [0.717, 1.165) is 0 Å². The van der Waals surface area contributed by atoms with E-state index in [1.165, 1.54) is 0 Å². The molecular formula is C10H9BrO2S. The number of hydrogen-bond donors (Lipinski definition) is 1. The zero-order valence-electron chi connectivity index (χ0n) is 7.53. The molecule has 0 bridgehead atoms. The van der Waals surface area contributed by atoms with Crippen molar-refractivity contribution in [2.75, 3.05) is 0 Å². The van der Waals surface area contributed by atoms with Crippen molar-refractivity contribution in [2.24, 2.45) is 0 Å². The second-order valence-electron chi connectivity index (χ2n) is 2.91. The number of carbonyl (C=O) groups is 2. The van der Waals surface area contributed by atoms with Crippen molar-refractivity contribution in [3.63, 3.8) is 0 Å². The third kappa shape index (κ3) is 2.69. The molecule has 1 aromatic rings. The predicted molar refractivity (Wildman–Crippen MR) is 61.8 cm³/mol.